The van der Waals surface area contributed by atoms with Crippen molar-refractivity contribution in [2.75, 3.05) is 31.1 Å². The maximum absolute atomic E-state index is 9.21. The third-order valence-corrected chi connectivity index (χ3v) is 3.71. The standard InChI is InChI=1S/C15H25N3O/c1-3-5-16-8-14-7-12(2)15(17-9-14)18-6-4-13(10-18)11-19/h7,9,13,16,19H,3-6,8,10-11H2,1-2H3. The van der Waals surface area contributed by atoms with E-state index in [1.807, 2.05) is 6.20 Å². The Bertz CT molecular complexity index is 408. The van der Waals surface area contributed by atoms with E-state index in [9.17, 15) is 5.11 Å². The predicted octanol–water partition coefficient (Wildman–Crippen LogP) is 1.71. The fourth-order valence-corrected chi connectivity index (χ4v) is 2.64. The molecule has 4 heteroatoms. The molecule has 1 aliphatic heterocycles. The van der Waals surface area contributed by atoms with Crippen LogP contribution in [0, 0.1) is 12.8 Å². The van der Waals surface area contributed by atoms with E-state index in [1.54, 1.807) is 0 Å². The fourth-order valence-electron chi connectivity index (χ4n) is 2.64. The molecule has 0 saturated carbocycles. The van der Waals surface area contributed by atoms with Gasteiger partial charge in [-0.3, -0.25) is 0 Å². The number of aliphatic hydroxyl groups excluding tert-OH is 1. The van der Waals surface area contributed by atoms with E-state index in [4.69, 9.17) is 0 Å². The van der Waals surface area contributed by atoms with E-state index in [1.165, 1.54) is 11.1 Å². The van der Waals surface area contributed by atoms with Crippen molar-refractivity contribution in [3.63, 3.8) is 0 Å². The van der Waals surface area contributed by atoms with Crippen LogP contribution in [0.4, 0.5) is 5.82 Å². The number of pyridine rings is 1. The lowest BCUT2D eigenvalue weighted by molar-refractivity contribution is 0.238. The van der Waals surface area contributed by atoms with E-state index in [2.05, 4.69) is 35.1 Å². The van der Waals surface area contributed by atoms with Crippen LogP contribution in [0.15, 0.2) is 12.3 Å². The lowest BCUT2D eigenvalue weighted by atomic mass is 10.1. The van der Waals surface area contributed by atoms with Gasteiger partial charge in [0.05, 0.1) is 0 Å². The summed E-state index contributed by atoms with van der Waals surface area (Å²) in [6.07, 6.45) is 4.19. The number of anilines is 1. The van der Waals surface area contributed by atoms with Crippen molar-refractivity contribution in [3.8, 4) is 0 Å². The Morgan fingerprint density at radius 2 is 2.37 bits per heavy atom. The first-order valence-electron chi connectivity index (χ1n) is 7.26. The molecule has 1 aromatic rings. The van der Waals surface area contributed by atoms with E-state index >= 15 is 0 Å². The number of aromatic nitrogens is 1. The molecule has 1 atom stereocenters. The quantitative estimate of drug-likeness (QED) is 0.767. The number of aryl methyl sites for hydroxylation is 1. The van der Waals surface area contributed by atoms with Gasteiger partial charge in [-0.15, -0.1) is 0 Å². The summed E-state index contributed by atoms with van der Waals surface area (Å²) in [7, 11) is 0. The van der Waals surface area contributed by atoms with Crippen LogP contribution in [0.25, 0.3) is 0 Å². The van der Waals surface area contributed by atoms with Crippen LogP contribution in [0.1, 0.15) is 30.9 Å². The van der Waals surface area contributed by atoms with Crippen molar-refractivity contribution >= 4 is 5.82 Å². The normalized spacial score (nSPS) is 19.1. The van der Waals surface area contributed by atoms with Crippen molar-refractivity contribution in [2.45, 2.75) is 33.2 Å². The van der Waals surface area contributed by atoms with Gasteiger partial charge >= 0.3 is 0 Å². The molecule has 0 amide bonds. The number of hydrogen-bond acceptors (Lipinski definition) is 4. The molecular weight excluding hydrogens is 238 g/mol. The molecule has 1 saturated heterocycles. The van der Waals surface area contributed by atoms with Crippen LogP contribution in [0.2, 0.25) is 0 Å². The summed E-state index contributed by atoms with van der Waals surface area (Å²) in [5, 5.41) is 12.6. The van der Waals surface area contributed by atoms with Crippen LogP contribution in [-0.2, 0) is 6.54 Å². The van der Waals surface area contributed by atoms with Gasteiger partial charge in [-0.25, -0.2) is 4.98 Å². The van der Waals surface area contributed by atoms with E-state index in [-0.39, 0.29) is 6.61 Å². The topological polar surface area (TPSA) is 48.4 Å². The summed E-state index contributed by atoms with van der Waals surface area (Å²) < 4.78 is 0. The number of nitrogens with one attached hydrogen (secondary N) is 1. The Labute approximate surface area is 115 Å². The average molecular weight is 263 g/mol. The zero-order valence-corrected chi connectivity index (χ0v) is 12.0. The molecule has 4 nitrogen and oxygen atoms in total. The molecule has 2 rings (SSSR count). The van der Waals surface area contributed by atoms with E-state index in [0.29, 0.717) is 5.92 Å². The molecule has 0 radical (unpaired) electrons. The highest BCUT2D eigenvalue weighted by Crippen LogP contribution is 2.25. The molecule has 2 N–H and O–H groups in total. The van der Waals surface area contributed by atoms with Crippen molar-refractivity contribution < 1.29 is 5.11 Å². The van der Waals surface area contributed by atoms with Gasteiger partial charge in [0.1, 0.15) is 5.82 Å². The second kappa shape index (κ2) is 6.87. The first-order chi connectivity index (χ1) is 9.24. The number of rotatable bonds is 6. The minimum atomic E-state index is 0.286. The molecule has 2 heterocycles. The van der Waals surface area contributed by atoms with Gasteiger partial charge in [-0.2, -0.15) is 0 Å². The van der Waals surface area contributed by atoms with Gasteiger partial charge in [0.2, 0.25) is 0 Å². The van der Waals surface area contributed by atoms with Crippen molar-refractivity contribution in [3.05, 3.63) is 23.4 Å². The van der Waals surface area contributed by atoms with Gasteiger partial charge in [0, 0.05) is 38.4 Å². The Hall–Kier alpha value is -1.13. The van der Waals surface area contributed by atoms with Crippen LogP contribution in [0.3, 0.4) is 0 Å². The van der Waals surface area contributed by atoms with Crippen LogP contribution in [0.5, 0.6) is 0 Å². The Balaban J connectivity index is 1.99. The smallest absolute Gasteiger partial charge is 0.131 e. The Morgan fingerprint density at radius 3 is 3.00 bits per heavy atom. The molecule has 1 aromatic heterocycles. The molecule has 0 bridgehead atoms. The van der Waals surface area contributed by atoms with Gasteiger partial charge in [0.15, 0.2) is 0 Å². The number of hydrogen-bond donors (Lipinski definition) is 2. The van der Waals surface area contributed by atoms with Crippen LogP contribution < -0.4 is 10.2 Å². The third-order valence-electron chi connectivity index (χ3n) is 3.71. The minimum absolute atomic E-state index is 0.286. The maximum atomic E-state index is 9.21. The van der Waals surface area contributed by atoms with Gasteiger partial charge in [-0.05, 0) is 43.5 Å². The van der Waals surface area contributed by atoms with Crippen LogP contribution in [-0.4, -0.2) is 36.3 Å². The van der Waals surface area contributed by atoms with Gasteiger partial charge in [-0.1, -0.05) is 6.92 Å². The fraction of sp³-hybridized carbons (Fsp3) is 0.667. The highest BCUT2D eigenvalue weighted by molar-refractivity contribution is 5.48. The van der Waals surface area contributed by atoms with Crippen molar-refractivity contribution in [1.82, 2.24) is 10.3 Å². The largest absolute Gasteiger partial charge is 0.396 e. The van der Waals surface area contributed by atoms with E-state index in [0.717, 1.165) is 44.8 Å². The Kier molecular flexibility index (Phi) is 5.16. The molecule has 0 aromatic carbocycles. The lowest BCUT2D eigenvalue weighted by Crippen LogP contribution is -2.23. The average Bonchev–Trinajstić information content (AvgIpc) is 2.88. The molecule has 0 aliphatic carbocycles. The molecule has 1 aliphatic rings. The first-order valence-corrected chi connectivity index (χ1v) is 7.26. The molecule has 1 fully saturated rings. The minimum Gasteiger partial charge on any atom is -0.396 e. The van der Waals surface area contributed by atoms with Gasteiger partial charge in [0.25, 0.3) is 0 Å². The highest BCUT2D eigenvalue weighted by Gasteiger charge is 2.23. The molecule has 0 spiro atoms. The summed E-state index contributed by atoms with van der Waals surface area (Å²) >= 11 is 0. The maximum Gasteiger partial charge on any atom is 0.131 e. The summed E-state index contributed by atoms with van der Waals surface area (Å²) in [4.78, 5) is 6.90. The monoisotopic (exact) mass is 263 g/mol. The first kappa shape index (κ1) is 14.3. The number of aliphatic hydroxyl groups is 1. The van der Waals surface area contributed by atoms with Crippen molar-refractivity contribution in [2.24, 2.45) is 5.92 Å². The highest BCUT2D eigenvalue weighted by atomic mass is 16.3. The second-order valence-corrected chi connectivity index (χ2v) is 5.44. The molecule has 1 unspecified atom stereocenters. The molecular formula is C15H25N3O. The molecule has 19 heavy (non-hydrogen) atoms. The molecule has 106 valence electrons. The predicted molar refractivity (Wildman–Crippen MR) is 78.4 cm³/mol. The zero-order chi connectivity index (χ0) is 13.7. The zero-order valence-electron chi connectivity index (χ0n) is 12.0. The summed E-state index contributed by atoms with van der Waals surface area (Å²) in [5.41, 5.74) is 2.47. The lowest BCUT2D eigenvalue weighted by Gasteiger charge is -2.20. The summed E-state index contributed by atoms with van der Waals surface area (Å²) in [6, 6.07) is 2.22. The SMILES string of the molecule is CCCNCc1cnc(N2CCC(CO)C2)c(C)c1. The summed E-state index contributed by atoms with van der Waals surface area (Å²) in [6.45, 7) is 8.45. The summed E-state index contributed by atoms with van der Waals surface area (Å²) in [5.74, 6) is 1.49. The van der Waals surface area contributed by atoms with Gasteiger partial charge < -0.3 is 15.3 Å². The van der Waals surface area contributed by atoms with Crippen molar-refractivity contribution in [1.29, 1.82) is 0 Å². The van der Waals surface area contributed by atoms with E-state index < -0.39 is 0 Å². The second-order valence-electron chi connectivity index (χ2n) is 5.44. The van der Waals surface area contributed by atoms with Crippen LogP contribution >= 0.6 is 0 Å². The third kappa shape index (κ3) is 3.67. The number of nitrogens with zero attached hydrogens (tertiary/aromatic N) is 2. The Morgan fingerprint density at radius 1 is 1.53 bits per heavy atom.